The van der Waals surface area contributed by atoms with E-state index in [0.29, 0.717) is 13.1 Å². The second-order valence-corrected chi connectivity index (χ2v) is 3.69. The van der Waals surface area contributed by atoms with Gasteiger partial charge in [0, 0.05) is 25.0 Å². The van der Waals surface area contributed by atoms with Crippen molar-refractivity contribution in [3.63, 3.8) is 0 Å². The third kappa shape index (κ3) is 3.57. The van der Waals surface area contributed by atoms with Crippen molar-refractivity contribution >= 4 is 11.8 Å². The summed E-state index contributed by atoms with van der Waals surface area (Å²) < 4.78 is 39.2. The van der Waals surface area contributed by atoms with Gasteiger partial charge in [-0.15, -0.1) is 0 Å². The minimum absolute atomic E-state index is 0.0342. The first kappa shape index (κ1) is 13.1. The molecule has 2 rings (SSSR count). The fourth-order valence-corrected chi connectivity index (χ4v) is 1.43. The van der Waals surface area contributed by atoms with Crippen LogP contribution in [0.15, 0.2) is 24.5 Å². The van der Waals surface area contributed by atoms with Crippen LogP contribution in [-0.4, -0.2) is 26.3 Å². The van der Waals surface area contributed by atoms with Gasteiger partial charge in [0.1, 0.15) is 5.82 Å². The van der Waals surface area contributed by atoms with Gasteiger partial charge in [0.05, 0.1) is 6.54 Å². The lowest BCUT2D eigenvalue weighted by atomic mass is 10.3. The second-order valence-electron chi connectivity index (χ2n) is 3.69. The molecule has 0 aliphatic heterocycles. The zero-order chi connectivity index (χ0) is 13.9. The zero-order valence-electron chi connectivity index (χ0n) is 9.72. The smallest absolute Gasteiger partial charge is 0.368 e. The molecule has 0 amide bonds. The minimum Gasteiger partial charge on any atom is -0.368 e. The summed E-state index contributed by atoms with van der Waals surface area (Å²) in [6, 6.07) is 2.57. The van der Waals surface area contributed by atoms with Crippen LogP contribution in [0.3, 0.4) is 0 Å². The van der Waals surface area contributed by atoms with Crippen molar-refractivity contribution in [3.05, 3.63) is 30.2 Å². The van der Waals surface area contributed by atoms with E-state index in [9.17, 15) is 13.2 Å². The number of halogens is 3. The van der Waals surface area contributed by atoms with Gasteiger partial charge in [-0.25, -0.2) is 4.98 Å². The molecule has 0 radical (unpaired) electrons. The molecule has 0 aliphatic rings. The summed E-state index contributed by atoms with van der Waals surface area (Å²) in [5.41, 5.74) is 4.17. The maximum Gasteiger partial charge on any atom is 0.433 e. The predicted octanol–water partition coefficient (Wildman–Crippen LogP) is 1.39. The van der Waals surface area contributed by atoms with E-state index >= 15 is 0 Å². The van der Waals surface area contributed by atoms with Gasteiger partial charge in [0.2, 0.25) is 5.95 Å². The fraction of sp³-hybridized carbons (Fsp3) is 0.300. The topological polar surface area (TPSA) is 81.6 Å². The van der Waals surface area contributed by atoms with E-state index in [2.05, 4.69) is 20.4 Å². The molecule has 102 valence electrons. The van der Waals surface area contributed by atoms with Gasteiger partial charge in [-0.2, -0.15) is 23.3 Å². The molecule has 9 heteroatoms. The van der Waals surface area contributed by atoms with E-state index in [0.717, 1.165) is 6.07 Å². The van der Waals surface area contributed by atoms with Crippen molar-refractivity contribution in [1.29, 1.82) is 0 Å². The number of nitrogens with two attached hydrogens (primary N) is 1. The highest BCUT2D eigenvalue weighted by atomic mass is 19.4. The average molecular weight is 272 g/mol. The van der Waals surface area contributed by atoms with Crippen LogP contribution in [0.2, 0.25) is 0 Å². The molecule has 2 heterocycles. The van der Waals surface area contributed by atoms with E-state index in [1.54, 1.807) is 23.1 Å². The highest BCUT2D eigenvalue weighted by Gasteiger charge is 2.33. The summed E-state index contributed by atoms with van der Waals surface area (Å²) in [5.74, 6) is -0.386. The molecule has 6 nitrogen and oxygen atoms in total. The zero-order valence-corrected chi connectivity index (χ0v) is 9.72. The Bertz CT molecular complexity index is 537. The molecular formula is C10H11F3N6. The number of nitrogens with one attached hydrogen (secondary N) is 1. The summed E-state index contributed by atoms with van der Waals surface area (Å²) >= 11 is 0. The van der Waals surface area contributed by atoms with Gasteiger partial charge >= 0.3 is 6.18 Å². The molecule has 0 atom stereocenters. The van der Waals surface area contributed by atoms with Gasteiger partial charge in [0.15, 0.2) is 5.69 Å². The van der Waals surface area contributed by atoms with Crippen molar-refractivity contribution in [3.8, 4) is 0 Å². The summed E-state index contributed by atoms with van der Waals surface area (Å²) in [7, 11) is 0. The van der Waals surface area contributed by atoms with Crippen molar-refractivity contribution < 1.29 is 13.2 Å². The Kier molecular flexibility index (Phi) is 3.54. The average Bonchev–Trinajstić information content (AvgIpc) is 2.80. The third-order valence-corrected chi connectivity index (χ3v) is 2.24. The van der Waals surface area contributed by atoms with Crippen LogP contribution in [0.5, 0.6) is 0 Å². The lowest BCUT2D eigenvalue weighted by Crippen LogP contribution is -2.15. The summed E-state index contributed by atoms with van der Waals surface area (Å²) in [6.07, 6.45) is -1.18. The van der Waals surface area contributed by atoms with Crippen LogP contribution in [-0.2, 0) is 12.7 Å². The van der Waals surface area contributed by atoms with Gasteiger partial charge in [-0.05, 0) is 6.07 Å². The summed E-state index contributed by atoms with van der Waals surface area (Å²) in [6.45, 7) is 0.869. The molecule has 3 N–H and O–H groups in total. The minimum atomic E-state index is -4.55. The maximum absolute atomic E-state index is 12.5. The molecule has 0 unspecified atom stereocenters. The van der Waals surface area contributed by atoms with Crippen molar-refractivity contribution in [2.75, 3.05) is 17.6 Å². The Balaban J connectivity index is 2.02. The molecule has 0 fully saturated rings. The Hall–Kier alpha value is -2.32. The van der Waals surface area contributed by atoms with Crippen LogP contribution in [0.1, 0.15) is 5.69 Å². The predicted molar refractivity (Wildman–Crippen MR) is 62.2 cm³/mol. The monoisotopic (exact) mass is 272 g/mol. The van der Waals surface area contributed by atoms with E-state index in [-0.39, 0.29) is 5.82 Å². The van der Waals surface area contributed by atoms with Crippen molar-refractivity contribution in [2.45, 2.75) is 12.7 Å². The number of rotatable bonds is 4. The largest absolute Gasteiger partial charge is 0.433 e. The van der Waals surface area contributed by atoms with E-state index in [4.69, 9.17) is 5.73 Å². The molecule has 0 saturated heterocycles. The van der Waals surface area contributed by atoms with Crippen LogP contribution >= 0.6 is 0 Å². The number of nitrogen functional groups attached to an aromatic ring is 1. The Morgan fingerprint density at radius 1 is 1.32 bits per heavy atom. The standard InChI is InChI=1S/C10H11F3N6/c11-10(12,13)7-6-8(18-9(14)17-7)15-3-5-19-4-1-2-16-19/h1-2,4,6H,3,5H2,(H3,14,15,17,18). The van der Waals surface area contributed by atoms with Crippen molar-refractivity contribution in [1.82, 2.24) is 19.7 Å². The van der Waals surface area contributed by atoms with Crippen LogP contribution in [0.4, 0.5) is 24.9 Å². The van der Waals surface area contributed by atoms with Crippen molar-refractivity contribution in [2.24, 2.45) is 0 Å². The van der Waals surface area contributed by atoms with Crippen LogP contribution in [0.25, 0.3) is 0 Å². The number of alkyl halides is 3. The quantitative estimate of drug-likeness (QED) is 0.878. The molecule has 0 saturated carbocycles. The number of aromatic nitrogens is 4. The number of hydrogen-bond donors (Lipinski definition) is 2. The maximum atomic E-state index is 12.5. The molecule has 2 aromatic heterocycles. The number of hydrogen-bond acceptors (Lipinski definition) is 5. The molecule has 2 aromatic rings. The molecule has 0 spiro atoms. The first-order chi connectivity index (χ1) is 8.95. The van der Waals surface area contributed by atoms with Gasteiger partial charge < -0.3 is 11.1 Å². The van der Waals surface area contributed by atoms with E-state index < -0.39 is 17.8 Å². The Labute approximate surface area is 106 Å². The van der Waals surface area contributed by atoms with Crippen LogP contribution < -0.4 is 11.1 Å². The van der Waals surface area contributed by atoms with Gasteiger partial charge in [-0.3, -0.25) is 4.68 Å². The van der Waals surface area contributed by atoms with E-state index in [1.807, 2.05) is 0 Å². The number of nitrogens with zero attached hydrogens (tertiary/aromatic N) is 4. The first-order valence-corrected chi connectivity index (χ1v) is 5.38. The summed E-state index contributed by atoms with van der Waals surface area (Å²) in [5, 5.41) is 6.71. The van der Waals surface area contributed by atoms with Gasteiger partial charge in [0.25, 0.3) is 0 Å². The highest BCUT2D eigenvalue weighted by Crippen LogP contribution is 2.29. The highest BCUT2D eigenvalue weighted by molar-refractivity contribution is 5.41. The lowest BCUT2D eigenvalue weighted by molar-refractivity contribution is -0.141. The Morgan fingerprint density at radius 3 is 2.74 bits per heavy atom. The summed E-state index contributed by atoms with van der Waals surface area (Å²) in [4.78, 5) is 6.84. The fourth-order valence-electron chi connectivity index (χ4n) is 1.43. The van der Waals surface area contributed by atoms with Gasteiger partial charge in [-0.1, -0.05) is 0 Å². The second kappa shape index (κ2) is 5.12. The molecular weight excluding hydrogens is 261 g/mol. The normalized spacial score (nSPS) is 11.5. The lowest BCUT2D eigenvalue weighted by Gasteiger charge is -2.10. The first-order valence-electron chi connectivity index (χ1n) is 5.38. The third-order valence-electron chi connectivity index (χ3n) is 2.24. The SMILES string of the molecule is Nc1nc(NCCn2cccn2)cc(C(F)(F)F)n1. The molecule has 0 aromatic carbocycles. The Morgan fingerprint density at radius 2 is 2.11 bits per heavy atom. The molecule has 0 aliphatic carbocycles. The molecule has 19 heavy (non-hydrogen) atoms. The van der Waals surface area contributed by atoms with Crippen LogP contribution in [0, 0.1) is 0 Å². The number of anilines is 2. The van der Waals surface area contributed by atoms with E-state index in [1.165, 1.54) is 0 Å². The molecule has 0 bridgehead atoms.